The summed E-state index contributed by atoms with van der Waals surface area (Å²) in [4.78, 5) is 8.22. The van der Waals surface area contributed by atoms with E-state index < -0.39 is 0 Å². The second kappa shape index (κ2) is 5.83. The van der Waals surface area contributed by atoms with E-state index in [0.717, 1.165) is 22.4 Å². The van der Waals surface area contributed by atoms with Gasteiger partial charge >= 0.3 is 0 Å². The Morgan fingerprint density at radius 3 is 2.29 bits per heavy atom. The molecule has 0 fully saturated rings. The van der Waals surface area contributed by atoms with Crippen LogP contribution >= 0.6 is 0 Å². The zero-order valence-corrected chi connectivity index (χ0v) is 15.1. The van der Waals surface area contributed by atoms with Gasteiger partial charge < -0.3 is 9.55 Å². The predicted molar refractivity (Wildman–Crippen MR) is 116 cm³/mol. The first-order valence-electron chi connectivity index (χ1n) is 9.42. The second-order valence-electron chi connectivity index (χ2n) is 7.02. The van der Waals surface area contributed by atoms with E-state index in [0.29, 0.717) is 0 Å². The second-order valence-corrected chi connectivity index (χ2v) is 7.02. The van der Waals surface area contributed by atoms with Crippen molar-refractivity contribution in [3.05, 3.63) is 97.1 Å². The number of imidazole rings is 1. The van der Waals surface area contributed by atoms with Gasteiger partial charge in [0.2, 0.25) is 0 Å². The minimum absolute atomic E-state index is 0.902. The van der Waals surface area contributed by atoms with Crippen LogP contribution in [0.1, 0.15) is 0 Å². The van der Waals surface area contributed by atoms with Crippen LogP contribution in [0.15, 0.2) is 97.1 Å². The molecule has 3 nitrogen and oxygen atoms in total. The fourth-order valence-electron chi connectivity index (χ4n) is 4.06. The Morgan fingerprint density at radius 1 is 0.643 bits per heavy atom. The molecule has 0 aliphatic rings. The molecule has 3 heteroatoms. The molecule has 132 valence electrons. The zero-order chi connectivity index (χ0) is 18.5. The van der Waals surface area contributed by atoms with E-state index in [1.54, 1.807) is 0 Å². The lowest BCUT2D eigenvalue weighted by Crippen LogP contribution is -1.92. The third kappa shape index (κ3) is 2.20. The molecule has 0 spiro atoms. The molecule has 1 N–H and O–H groups in total. The van der Waals surface area contributed by atoms with Gasteiger partial charge in [0.05, 0.1) is 22.1 Å². The summed E-state index contributed by atoms with van der Waals surface area (Å²) in [6.45, 7) is 0. The van der Waals surface area contributed by atoms with Gasteiger partial charge in [0.15, 0.2) is 0 Å². The maximum Gasteiger partial charge on any atom is 0.138 e. The number of aromatic amines is 1. The quantitative estimate of drug-likeness (QED) is 0.385. The molecule has 0 amide bonds. The molecule has 4 aromatic carbocycles. The molecular formula is C25H17N3. The highest BCUT2D eigenvalue weighted by molar-refractivity contribution is 6.10. The van der Waals surface area contributed by atoms with Crippen molar-refractivity contribution in [1.29, 1.82) is 0 Å². The molecule has 0 atom stereocenters. The molecule has 0 saturated heterocycles. The highest BCUT2D eigenvalue weighted by Crippen LogP contribution is 2.34. The normalized spacial score (nSPS) is 11.6. The van der Waals surface area contributed by atoms with Gasteiger partial charge in [0.25, 0.3) is 0 Å². The van der Waals surface area contributed by atoms with Crippen molar-refractivity contribution in [2.45, 2.75) is 0 Å². The predicted octanol–water partition coefficient (Wildman–Crippen LogP) is 6.33. The van der Waals surface area contributed by atoms with Gasteiger partial charge in [-0.25, -0.2) is 4.98 Å². The first-order chi connectivity index (χ1) is 13.9. The topological polar surface area (TPSA) is 33.6 Å². The van der Waals surface area contributed by atoms with E-state index in [2.05, 4.69) is 88.4 Å². The van der Waals surface area contributed by atoms with Crippen LogP contribution < -0.4 is 0 Å². The van der Waals surface area contributed by atoms with Crippen molar-refractivity contribution in [1.82, 2.24) is 14.5 Å². The lowest BCUT2D eigenvalue weighted by molar-refractivity contribution is 1.18. The molecule has 6 aromatic rings. The number of aromatic nitrogens is 3. The smallest absolute Gasteiger partial charge is 0.138 e. The van der Waals surface area contributed by atoms with Crippen LogP contribution in [0, 0.1) is 0 Å². The summed E-state index contributed by atoms with van der Waals surface area (Å²) < 4.78 is 2.33. The van der Waals surface area contributed by atoms with Gasteiger partial charge in [-0.1, -0.05) is 48.5 Å². The molecule has 0 aliphatic heterocycles. The highest BCUT2D eigenvalue weighted by atomic mass is 15.0. The summed E-state index contributed by atoms with van der Waals surface area (Å²) in [5.74, 6) is 0.902. The number of nitrogens with one attached hydrogen (secondary N) is 1. The van der Waals surface area contributed by atoms with Crippen molar-refractivity contribution in [3.63, 3.8) is 0 Å². The van der Waals surface area contributed by atoms with Crippen LogP contribution in [0.2, 0.25) is 0 Å². The summed E-state index contributed by atoms with van der Waals surface area (Å²) in [6, 6.07) is 33.8. The Balaban J connectivity index is 1.65. The number of benzene rings is 4. The molecular weight excluding hydrogens is 342 g/mol. The van der Waals surface area contributed by atoms with E-state index in [9.17, 15) is 0 Å². The zero-order valence-electron chi connectivity index (χ0n) is 15.1. The van der Waals surface area contributed by atoms with Crippen molar-refractivity contribution in [3.8, 4) is 17.1 Å². The van der Waals surface area contributed by atoms with E-state index >= 15 is 0 Å². The molecule has 0 aliphatic carbocycles. The van der Waals surface area contributed by atoms with E-state index in [1.165, 1.54) is 27.5 Å². The number of nitrogens with zero attached hydrogens (tertiary/aromatic N) is 2. The third-order valence-electron chi connectivity index (χ3n) is 5.35. The Kier molecular flexibility index (Phi) is 3.17. The third-order valence-corrected chi connectivity index (χ3v) is 5.35. The summed E-state index contributed by atoms with van der Waals surface area (Å²) in [7, 11) is 0. The van der Waals surface area contributed by atoms with Crippen molar-refractivity contribution >= 4 is 32.8 Å². The van der Waals surface area contributed by atoms with Crippen LogP contribution in [0.4, 0.5) is 0 Å². The number of hydrogen-bond acceptors (Lipinski definition) is 1. The molecule has 28 heavy (non-hydrogen) atoms. The molecule has 0 saturated carbocycles. The summed E-state index contributed by atoms with van der Waals surface area (Å²) in [5.41, 5.74) is 6.73. The van der Waals surface area contributed by atoms with E-state index in [-0.39, 0.29) is 0 Å². The summed E-state index contributed by atoms with van der Waals surface area (Å²) in [6.07, 6.45) is 0. The van der Waals surface area contributed by atoms with Crippen molar-refractivity contribution in [2.75, 3.05) is 0 Å². The van der Waals surface area contributed by atoms with Gasteiger partial charge in [-0.2, -0.15) is 0 Å². The number of hydrogen-bond donors (Lipinski definition) is 1. The lowest BCUT2D eigenvalue weighted by atomic mass is 10.1. The number of fused-ring (bicyclic) bond motifs is 4. The Hall–Kier alpha value is -3.85. The van der Waals surface area contributed by atoms with Crippen LogP contribution in [-0.4, -0.2) is 14.5 Å². The van der Waals surface area contributed by atoms with Gasteiger partial charge in [-0.05, 0) is 48.5 Å². The maximum absolute atomic E-state index is 4.77. The van der Waals surface area contributed by atoms with Crippen molar-refractivity contribution < 1.29 is 0 Å². The van der Waals surface area contributed by atoms with Gasteiger partial charge in [-0.3, -0.25) is 0 Å². The maximum atomic E-state index is 4.77. The van der Waals surface area contributed by atoms with Crippen LogP contribution in [-0.2, 0) is 0 Å². The standard InChI is InChI=1S/C25H17N3/c1-2-8-18(9-3-1)28-23-13-7-4-10-19(23)20-16-17(14-15-24(20)28)25-26-21-11-5-6-12-22(21)27-25/h1-16H,(H,26,27). The number of H-pyrrole nitrogens is 1. The first-order valence-corrected chi connectivity index (χ1v) is 9.42. The molecule has 0 unspecified atom stereocenters. The minimum Gasteiger partial charge on any atom is -0.338 e. The van der Waals surface area contributed by atoms with Crippen LogP contribution in [0.25, 0.3) is 49.9 Å². The van der Waals surface area contributed by atoms with Crippen LogP contribution in [0.3, 0.4) is 0 Å². The number of rotatable bonds is 2. The van der Waals surface area contributed by atoms with Gasteiger partial charge in [0.1, 0.15) is 5.82 Å². The van der Waals surface area contributed by atoms with Crippen LogP contribution in [0.5, 0.6) is 0 Å². The Labute approximate surface area is 161 Å². The molecule has 0 bridgehead atoms. The first kappa shape index (κ1) is 15.2. The van der Waals surface area contributed by atoms with Crippen molar-refractivity contribution in [2.24, 2.45) is 0 Å². The molecule has 2 aromatic heterocycles. The average Bonchev–Trinajstić information content (AvgIpc) is 3.33. The Morgan fingerprint density at radius 2 is 1.39 bits per heavy atom. The highest BCUT2D eigenvalue weighted by Gasteiger charge is 2.13. The van der Waals surface area contributed by atoms with E-state index in [4.69, 9.17) is 4.98 Å². The summed E-state index contributed by atoms with van der Waals surface area (Å²) >= 11 is 0. The number of para-hydroxylation sites is 4. The molecule has 0 radical (unpaired) electrons. The largest absolute Gasteiger partial charge is 0.338 e. The van der Waals surface area contributed by atoms with Gasteiger partial charge in [-0.15, -0.1) is 0 Å². The Bertz CT molecular complexity index is 1420. The summed E-state index contributed by atoms with van der Waals surface area (Å²) in [5, 5.41) is 2.48. The fourth-order valence-corrected chi connectivity index (χ4v) is 4.06. The SMILES string of the molecule is c1ccc(-n2c3ccccc3c3cc(-c4nc5ccccc5[nH]4)ccc32)cc1. The average molecular weight is 359 g/mol. The van der Waals surface area contributed by atoms with E-state index in [1.807, 2.05) is 18.2 Å². The monoisotopic (exact) mass is 359 g/mol. The minimum atomic E-state index is 0.902. The lowest BCUT2D eigenvalue weighted by Gasteiger charge is -2.07. The molecule has 6 rings (SSSR count). The van der Waals surface area contributed by atoms with Gasteiger partial charge in [0, 0.05) is 22.0 Å². The fraction of sp³-hybridized carbons (Fsp3) is 0. The molecule has 2 heterocycles.